The fourth-order valence-corrected chi connectivity index (χ4v) is 4.36. The summed E-state index contributed by atoms with van der Waals surface area (Å²) in [6.45, 7) is 9.94. The van der Waals surface area contributed by atoms with Gasteiger partial charge in [0, 0.05) is 18.5 Å². The summed E-state index contributed by atoms with van der Waals surface area (Å²) in [6.07, 6.45) is 5.69. The van der Waals surface area contributed by atoms with Crippen LogP contribution >= 0.6 is 0 Å². The van der Waals surface area contributed by atoms with Crippen LogP contribution in [0.15, 0.2) is 36.4 Å². The molecule has 1 aromatic carbocycles. The van der Waals surface area contributed by atoms with Gasteiger partial charge in [-0.1, -0.05) is 65.0 Å². The Labute approximate surface area is 225 Å². The van der Waals surface area contributed by atoms with E-state index in [1.54, 1.807) is 6.08 Å². The van der Waals surface area contributed by atoms with Crippen molar-refractivity contribution in [1.29, 1.82) is 0 Å². The van der Waals surface area contributed by atoms with Crippen molar-refractivity contribution in [2.24, 2.45) is 17.3 Å². The zero-order valence-electron chi connectivity index (χ0n) is 23.1. The van der Waals surface area contributed by atoms with Gasteiger partial charge in [-0.25, -0.2) is 0 Å². The average molecular weight is 527 g/mol. The van der Waals surface area contributed by atoms with Gasteiger partial charge in [0.1, 0.15) is 18.4 Å². The second kappa shape index (κ2) is 14.4. The van der Waals surface area contributed by atoms with Crippen LogP contribution in [0.1, 0.15) is 65.9 Å². The van der Waals surface area contributed by atoms with Crippen molar-refractivity contribution in [2.75, 3.05) is 6.54 Å². The van der Waals surface area contributed by atoms with Gasteiger partial charge in [0.15, 0.2) is 0 Å². The van der Waals surface area contributed by atoms with E-state index in [2.05, 4.69) is 21.3 Å². The smallest absolute Gasteiger partial charge is 0.244 e. The van der Waals surface area contributed by atoms with E-state index < -0.39 is 41.3 Å². The monoisotopic (exact) mass is 526 g/mol. The topological polar surface area (TPSA) is 133 Å². The molecule has 4 N–H and O–H groups in total. The summed E-state index contributed by atoms with van der Waals surface area (Å²) in [6, 6.07) is 6.66. The molecule has 1 aliphatic rings. The molecule has 0 bridgehead atoms. The maximum absolute atomic E-state index is 13.4. The molecule has 4 atom stereocenters. The van der Waals surface area contributed by atoms with Crippen LogP contribution in [0.3, 0.4) is 0 Å². The van der Waals surface area contributed by atoms with Crippen molar-refractivity contribution in [3.05, 3.63) is 42.0 Å². The zero-order chi connectivity index (χ0) is 28.3. The zero-order valence-corrected chi connectivity index (χ0v) is 23.1. The number of carbonyl (C=O) groups excluding carboxylic acids is 5. The van der Waals surface area contributed by atoms with Gasteiger partial charge < -0.3 is 26.1 Å². The summed E-state index contributed by atoms with van der Waals surface area (Å²) >= 11 is 0. The largest absolute Gasteiger partial charge is 0.356 e. The minimum atomic E-state index is -0.911. The number of amides is 4. The van der Waals surface area contributed by atoms with E-state index in [1.165, 1.54) is 6.08 Å². The number of rotatable bonds is 12. The molecule has 2 rings (SSSR count). The second-order valence-electron chi connectivity index (χ2n) is 11.4. The van der Waals surface area contributed by atoms with E-state index in [4.69, 9.17) is 0 Å². The molecule has 1 aromatic rings. The van der Waals surface area contributed by atoms with Crippen LogP contribution < -0.4 is 21.3 Å². The van der Waals surface area contributed by atoms with Crippen LogP contribution in [0, 0.1) is 17.3 Å². The first-order valence-electron chi connectivity index (χ1n) is 13.3. The van der Waals surface area contributed by atoms with Gasteiger partial charge in [-0.3, -0.25) is 19.2 Å². The third kappa shape index (κ3) is 10.1. The first-order chi connectivity index (χ1) is 17.9. The summed E-state index contributed by atoms with van der Waals surface area (Å²) in [7, 11) is 0. The third-order valence-corrected chi connectivity index (χ3v) is 6.41. The molecule has 1 aliphatic heterocycles. The fraction of sp³-hybridized carbons (Fsp3) is 0.552. The van der Waals surface area contributed by atoms with E-state index in [1.807, 2.05) is 65.0 Å². The first-order valence-corrected chi connectivity index (χ1v) is 13.3. The van der Waals surface area contributed by atoms with Gasteiger partial charge in [-0.2, -0.15) is 0 Å². The molecule has 0 spiro atoms. The predicted octanol–water partition coefficient (Wildman–Crippen LogP) is 2.36. The van der Waals surface area contributed by atoms with E-state index in [0.29, 0.717) is 25.7 Å². The molecule has 9 nitrogen and oxygen atoms in total. The van der Waals surface area contributed by atoms with Gasteiger partial charge >= 0.3 is 0 Å². The lowest BCUT2D eigenvalue weighted by molar-refractivity contribution is -0.134. The molecule has 9 heteroatoms. The van der Waals surface area contributed by atoms with E-state index >= 15 is 0 Å². The molecule has 0 radical (unpaired) electrons. The molecule has 1 heterocycles. The quantitative estimate of drug-likeness (QED) is 0.245. The van der Waals surface area contributed by atoms with Crippen LogP contribution in [0.25, 0.3) is 6.08 Å². The molecule has 4 amide bonds. The lowest BCUT2D eigenvalue weighted by Gasteiger charge is -2.32. The lowest BCUT2D eigenvalue weighted by atomic mass is 9.85. The van der Waals surface area contributed by atoms with Gasteiger partial charge in [0.25, 0.3) is 0 Å². The van der Waals surface area contributed by atoms with Crippen molar-refractivity contribution < 1.29 is 24.0 Å². The average Bonchev–Trinajstić information content (AvgIpc) is 2.86. The number of benzene rings is 1. The predicted molar refractivity (Wildman–Crippen MR) is 147 cm³/mol. The Bertz CT molecular complexity index is 1000. The normalized spacial score (nSPS) is 18.3. The molecular weight excluding hydrogens is 484 g/mol. The Balaban J connectivity index is 2.10. The Hall–Kier alpha value is -3.49. The van der Waals surface area contributed by atoms with Crippen LogP contribution in [-0.4, -0.2) is 54.6 Å². The Morgan fingerprint density at radius 2 is 1.74 bits per heavy atom. The van der Waals surface area contributed by atoms with Crippen molar-refractivity contribution in [3.8, 4) is 0 Å². The Morgan fingerprint density at radius 1 is 1.05 bits per heavy atom. The van der Waals surface area contributed by atoms with Gasteiger partial charge in [-0.15, -0.1) is 0 Å². The minimum absolute atomic E-state index is 0.0707. The van der Waals surface area contributed by atoms with Crippen LogP contribution in [0.4, 0.5) is 0 Å². The minimum Gasteiger partial charge on any atom is -0.356 e. The summed E-state index contributed by atoms with van der Waals surface area (Å²) in [4.78, 5) is 63.0. The van der Waals surface area contributed by atoms with Crippen molar-refractivity contribution in [1.82, 2.24) is 21.3 Å². The summed E-state index contributed by atoms with van der Waals surface area (Å²) < 4.78 is 0. The molecule has 0 aliphatic carbocycles. The molecule has 0 unspecified atom stereocenters. The highest BCUT2D eigenvalue weighted by Gasteiger charge is 2.35. The number of piperidine rings is 1. The highest BCUT2D eigenvalue weighted by atomic mass is 16.2. The molecule has 0 aromatic heterocycles. The van der Waals surface area contributed by atoms with Gasteiger partial charge in [0.2, 0.25) is 23.6 Å². The molecule has 1 saturated heterocycles. The molecule has 1 fully saturated rings. The van der Waals surface area contributed by atoms with Crippen LogP contribution in [0.5, 0.6) is 0 Å². The van der Waals surface area contributed by atoms with E-state index in [9.17, 15) is 24.0 Å². The Morgan fingerprint density at radius 3 is 2.32 bits per heavy atom. The standard InChI is InChI=1S/C29H42N4O5/c1-19(2)16-23(27(37)31-22(18-34)17-21-12-9-15-30-26(21)36)32-28(38)25(29(3,4)5)33-24(35)14-13-20-10-7-6-8-11-20/h6-8,10-11,13-14,18-19,21-23,25H,9,12,15-17H2,1-5H3,(H,30,36)(H,31,37)(H,32,38)(H,33,35)/t21-,22-,23-,25+/m0/s1. The summed E-state index contributed by atoms with van der Waals surface area (Å²) in [5.41, 5.74) is 0.210. The summed E-state index contributed by atoms with van der Waals surface area (Å²) in [5, 5.41) is 11.0. The molecule has 0 saturated carbocycles. The van der Waals surface area contributed by atoms with Crippen LogP contribution in [-0.2, 0) is 24.0 Å². The van der Waals surface area contributed by atoms with E-state index in [-0.39, 0.29) is 24.2 Å². The first kappa shape index (κ1) is 30.7. The highest BCUT2D eigenvalue weighted by molar-refractivity contribution is 5.97. The van der Waals surface area contributed by atoms with Gasteiger partial charge in [0.05, 0.1) is 6.04 Å². The van der Waals surface area contributed by atoms with E-state index in [0.717, 1.165) is 12.0 Å². The SMILES string of the molecule is CC(C)C[C@H](NC(=O)[C@@H](NC(=O)C=Cc1ccccc1)C(C)(C)C)C(=O)N[C@H](C=O)C[C@@H]1CCCNC1=O. The molecular formula is C29H42N4O5. The second-order valence-corrected chi connectivity index (χ2v) is 11.4. The van der Waals surface area contributed by atoms with Crippen molar-refractivity contribution >= 4 is 36.0 Å². The Kier molecular flexibility index (Phi) is 11.7. The highest BCUT2D eigenvalue weighted by Crippen LogP contribution is 2.21. The van der Waals surface area contributed by atoms with Crippen molar-refractivity contribution in [3.63, 3.8) is 0 Å². The number of nitrogens with one attached hydrogen (secondary N) is 4. The fourth-order valence-electron chi connectivity index (χ4n) is 4.36. The molecule has 38 heavy (non-hydrogen) atoms. The molecule has 208 valence electrons. The van der Waals surface area contributed by atoms with Crippen LogP contribution in [0.2, 0.25) is 0 Å². The number of hydrogen-bond acceptors (Lipinski definition) is 5. The number of aldehydes is 1. The number of hydrogen-bond donors (Lipinski definition) is 4. The number of carbonyl (C=O) groups is 5. The summed E-state index contributed by atoms with van der Waals surface area (Å²) in [5.74, 6) is -1.81. The maximum atomic E-state index is 13.4. The lowest BCUT2D eigenvalue weighted by Crippen LogP contribution is -2.58. The van der Waals surface area contributed by atoms with Gasteiger partial charge in [-0.05, 0) is 48.7 Å². The maximum Gasteiger partial charge on any atom is 0.244 e. The third-order valence-electron chi connectivity index (χ3n) is 6.41. The van der Waals surface area contributed by atoms with Crippen molar-refractivity contribution in [2.45, 2.75) is 78.4 Å².